The molecule has 0 saturated carbocycles. The van der Waals surface area contributed by atoms with E-state index in [1.165, 1.54) is 25.7 Å². The fraction of sp³-hybridized carbons (Fsp3) is 0.757. The van der Waals surface area contributed by atoms with Crippen molar-refractivity contribution in [2.75, 3.05) is 19.8 Å². The van der Waals surface area contributed by atoms with Crippen LogP contribution in [0.2, 0.25) is 0 Å². The van der Waals surface area contributed by atoms with Crippen molar-refractivity contribution in [1.82, 2.24) is 5.32 Å². The Morgan fingerprint density at radius 3 is 1.71 bits per heavy atom. The fourth-order valence-electron chi connectivity index (χ4n) is 4.73. The molecule has 12 heteroatoms. The first-order valence-electron chi connectivity index (χ1n) is 18.5. The molecule has 1 amide bonds. The third-order valence-corrected chi connectivity index (χ3v) is 8.63. The second-order valence-electron chi connectivity index (χ2n) is 12.4. The topological polar surface area (TPSA) is 169 Å². The zero-order chi connectivity index (χ0) is 36.4. The van der Waals surface area contributed by atoms with Crippen LogP contribution in [0, 0.1) is 0 Å². The molecule has 0 bridgehead atoms. The molecule has 0 saturated heterocycles. The van der Waals surface area contributed by atoms with Crippen molar-refractivity contribution in [1.29, 1.82) is 0 Å². The number of phosphoric acid groups is 1. The highest BCUT2D eigenvalue weighted by Crippen LogP contribution is 2.43. The number of rotatable bonds is 34. The molecule has 0 aromatic rings. The van der Waals surface area contributed by atoms with E-state index in [4.69, 9.17) is 13.8 Å². The van der Waals surface area contributed by atoms with Gasteiger partial charge in [0.25, 0.3) is 0 Å². The molecule has 0 aliphatic rings. The number of carboxylic acids is 1. The highest BCUT2D eigenvalue weighted by Gasteiger charge is 2.28. The van der Waals surface area contributed by atoms with Gasteiger partial charge in [-0.25, -0.2) is 9.36 Å². The van der Waals surface area contributed by atoms with E-state index in [0.717, 1.165) is 83.5 Å². The summed E-state index contributed by atoms with van der Waals surface area (Å²) in [4.78, 5) is 45.4. The summed E-state index contributed by atoms with van der Waals surface area (Å²) in [7, 11) is -4.74. The zero-order valence-electron chi connectivity index (χ0n) is 30.2. The van der Waals surface area contributed by atoms with Crippen molar-refractivity contribution in [2.24, 2.45) is 0 Å². The van der Waals surface area contributed by atoms with Gasteiger partial charge in [0.05, 0.1) is 13.2 Å². The molecule has 0 aromatic heterocycles. The number of nitrogens with one attached hydrogen (secondary N) is 1. The quantitative estimate of drug-likeness (QED) is 0.0219. The molecule has 0 radical (unpaired) electrons. The van der Waals surface area contributed by atoms with Crippen molar-refractivity contribution in [3.05, 3.63) is 36.5 Å². The first kappa shape index (κ1) is 46.7. The molecule has 3 unspecified atom stereocenters. The van der Waals surface area contributed by atoms with Gasteiger partial charge in [-0.3, -0.25) is 18.6 Å². The fourth-order valence-corrected chi connectivity index (χ4v) is 5.50. The minimum atomic E-state index is -4.74. The number of carbonyl (C=O) groups is 3. The van der Waals surface area contributed by atoms with Crippen molar-refractivity contribution in [3.8, 4) is 0 Å². The number of ether oxygens (including phenoxy) is 1. The average molecular weight is 716 g/mol. The molecule has 11 nitrogen and oxygen atoms in total. The SMILES string of the molecule is CCCCC/C=C\C/C=C\C/C=C\CCCCCCCCC(=O)OCC(O)COP(=O)(O)OCC(NC(=O)CCCCCCCC)C(=O)O. The number of amides is 1. The number of carbonyl (C=O) groups excluding carboxylic acids is 2. The molecule has 0 aliphatic heterocycles. The van der Waals surface area contributed by atoms with Crippen LogP contribution in [0.5, 0.6) is 0 Å². The number of phosphoric ester groups is 1. The van der Waals surface area contributed by atoms with Crippen LogP contribution in [0.15, 0.2) is 36.5 Å². The molecule has 284 valence electrons. The van der Waals surface area contributed by atoms with Crippen LogP contribution in [0.4, 0.5) is 0 Å². The van der Waals surface area contributed by atoms with Gasteiger partial charge in [0.2, 0.25) is 5.91 Å². The second-order valence-corrected chi connectivity index (χ2v) is 13.9. The number of aliphatic hydroxyl groups excluding tert-OH is 1. The Labute approximate surface area is 295 Å². The van der Waals surface area contributed by atoms with Gasteiger partial charge in [-0.15, -0.1) is 0 Å². The maximum absolute atomic E-state index is 12.1. The monoisotopic (exact) mass is 715 g/mol. The molecule has 0 aliphatic carbocycles. The van der Waals surface area contributed by atoms with Crippen LogP contribution < -0.4 is 5.32 Å². The van der Waals surface area contributed by atoms with Gasteiger partial charge < -0.3 is 25.2 Å². The Morgan fingerprint density at radius 1 is 0.653 bits per heavy atom. The van der Waals surface area contributed by atoms with E-state index >= 15 is 0 Å². The summed E-state index contributed by atoms with van der Waals surface area (Å²) >= 11 is 0. The highest BCUT2D eigenvalue weighted by atomic mass is 31.2. The zero-order valence-corrected chi connectivity index (χ0v) is 31.1. The lowest BCUT2D eigenvalue weighted by Gasteiger charge is -2.18. The van der Waals surface area contributed by atoms with Crippen molar-refractivity contribution >= 4 is 25.7 Å². The summed E-state index contributed by atoms with van der Waals surface area (Å²) in [5, 5.41) is 21.6. The van der Waals surface area contributed by atoms with E-state index in [-0.39, 0.29) is 12.8 Å². The Morgan fingerprint density at radius 2 is 1.12 bits per heavy atom. The van der Waals surface area contributed by atoms with Crippen LogP contribution >= 0.6 is 7.82 Å². The second kappa shape index (κ2) is 32.9. The van der Waals surface area contributed by atoms with Gasteiger partial charge >= 0.3 is 19.8 Å². The van der Waals surface area contributed by atoms with Gasteiger partial charge in [-0.05, 0) is 51.4 Å². The van der Waals surface area contributed by atoms with Crippen LogP contribution in [0.25, 0.3) is 0 Å². The number of hydrogen-bond donors (Lipinski definition) is 4. The summed E-state index contributed by atoms with van der Waals surface area (Å²) in [5.41, 5.74) is 0. The number of carboxylic acid groups (broad SMARTS) is 1. The van der Waals surface area contributed by atoms with E-state index in [0.29, 0.717) is 12.8 Å². The van der Waals surface area contributed by atoms with E-state index < -0.39 is 57.6 Å². The summed E-state index contributed by atoms with van der Waals surface area (Å²) in [6.45, 7) is 2.43. The van der Waals surface area contributed by atoms with Crippen molar-refractivity contribution in [3.63, 3.8) is 0 Å². The predicted octanol–water partition coefficient (Wildman–Crippen LogP) is 8.49. The van der Waals surface area contributed by atoms with Gasteiger partial charge in [0, 0.05) is 12.8 Å². The minimum absolute atomic E-state index is 0.142. The van der Waals surface area contributed by atoms with Gasteiger partial charge in [-0.2, -0.15) is 0 Å². The first-order chi connectivity index (χ1) is 23.6. The average Bonchev–Trinajstić information content (AvgIpc) is 3.07. The number of hydrogen-bond acceptors (Lipinski definition) is 8. The standard InChI is InChI=1S/C37H66NO10P/c1-3-5-7-9-11-12-13-14-15-16-17-18-19-20-21-22-23-25-27-29-36(41)46-30-33(39)31-47-49(44,45)48-32-34(37(42)43)38-35(40)28-26-24-10-8-6-4-2/h11-12,14-15,17-18,33-34,39H,3-10,13,16,19-32H2,1-2H3,(H,38,40)(H,42,43)(H,44,45)/b12-11-,15-14-,18-17-. The molecule has 0 fully saturated rings. The van der Waals surface area contributed by atoms with Crippen molar-refractivity contribution < 1.29 is 47.8 Å². The third-order valence-electron chi connectivity index (χ3n) is 7.68. The van der Waals surface area contributed by atoms with Crippen LogP contribution in [0.1, 0.15) is 149 Å². The van der Waals surface area contributed by atoms with Crippen LogP contribution in [-0.4, -0.2) is 64.9 Å². The molecular weight excluding hydrogens is 649 g/mol. The number of aliphatic carboxylic acids is 1. The predicted molar refractivity (Wildman–Crippen MR) is 194 cm³/mol. The summed E-state index contributed by atoms with van der Waals surface area (Å²) in [5.74, 6) is -2.40. The molecule has 0 aromatic carbocycles. The molecule has 0 heterocycles. The molecule has 3 atom stereocenters. The van der Waals surface area contributed by atoms with E-state index in [2.05, 4.69) is 55.6 Å². The maximum Gasteiger partial charge on any atom is 0.472 e. The van der Waals surface area contributed by atoms with Gasteiger partial charge in [-0.1, -0.05) is 121 Å². The normalized spacial score (nSPS) is 14.4. The lowest BCUT2D eigenvalue weighted by Crippen LogP contribution is -2.43. The number of allylic oxidation sites excluding steroid dienone is 6. The highest BCUT2D eigenvalue weighted by molar-refractivity contribution is 7.47. The Balaban J connectivity index is 3.91. The molecule has 0 spiro atoms. The lowest BCUT2D eigenvalue weighted by atomic mass is 10.1. The Bertz CT molecular complexity index is 984. The molecule has 0 rings (SSSR count). The summed E-state index contributed by atoms with van der Waals surface area (Å²) in [6.07, 6.45) is 32.2. The third kappa shape index (κ3) is 32.7. The largest absolute Gasteiger partial charge is 0.480 e. The smallest absolute Gasteiger partial charge is 0.472 e. The number of unbranched alkanes of at least 4 members (excludes halogenated alkanes) is 14. The van der Waals surface area contributed by atoms with E-state index in [1.54, 1.807) is 0 Å². The lowest BCUT2D eigenvalue weighted by molar-refractivity contribution is -0.147. The summed E-state index contributed by atoms with van der Waals surface area (Å²) < 4.78 is 26.6. The van der Waals surface area contributed by atoms with Crippen LogP contribution in [-0.2, 0) is 32.7 Å². The summed E-state index contributed by atoms with van der Waals surface area (Å²) in [6, 6.07) is -1.54. The molecular formula is C37H66NO10P. The van der Waals surface area contributed by atoms with E-state index in [1.807, 2.05) is 0 Å². The van der Waals surface area contributed by atoms with Gasteiger partial charge in [0.15, 0.2) is 6.04 Å². The number of esters is 1. The maximum atomic E-state index is 12.1. The van der Waals surface area contributed by atoms with E-state index in [9.17, 15) is 34.1 Å². The first-order valence-corrected chi connectivity index (χ1v) is 20.0. The van der Waals surface area contributed by atoms with Crippen molar-refractivity contribution in [2.45, 2.75) is 161 Å². The molecule has 4 N–H and O–H groups in total. The minimum Gasteiger partial charge on any atom is -0.480 e. The number of aliphatic hydroxyl groups is 1. The Kier molecular flexibility index (Phi) is 31.3. The van der Waals surface area contributed by atoms with Gasteiger partial charge in [0.1, 0.15) is 12.7 Å². The van der Waals surface area contributed by atoms with Crippen LogP contribution in [0.3, 0.4) is 0 Å². The molecule has 49 heavy (non-hydrogen) atoms. The Hall–Kier alpha value is -2.30.